The van der Waals surface area contributed by atoms with E-state index in [1.54, 1.807) is 67.6 Å². The van der Waals surface area contributed by atoms with Crippen LogP contribution in [0.2, 0.25) is 15.1 Å². The molecular formula is C28H26Cl3NO6S. The fourth-order valence-corrected chi connectivity index (χ4v) is 7.38. The Balaban J connectivity index is 1.87. The standard InChI is InChI=1S/C28H26Cl3NO6S/c1-2-21(16-39(36,37)24-9-4-3-8-22(24)31)32-26(17-10-12-19(29)13-11-17)27(18-6-5-7-20(30)14-18)38-23(28(32)35)15-25(33)34/h3-14,21,23,26-27H,2,15-16H2,1H3,(H,33,34). The molecule has 0 bridgehead atoms. The summed E-state index contributed by atoms with van der Waals surface area (Å²) in [5.41, 5.74) is 1.25. The summed E-state index contributed by atoms with van der Waals surface area (Å²) < 4.78 is 33.2. The van der Waals surface area contributed by atoms with E-state index in [-0.39, 0.29) is 16.3 Å². The minimum atomic E-state index is -3.94. The third-order valence-electron chi connectivity index (χ3n) is 6.62. The van der Waals surface area contributed by atoms with Crippen LogP contribution in [-0.2, 0) is 24.2 Å². The summed E-state index contributed by atoms with van der Waals surface area (Å²) in [5, 5.41) is 10.5. The number of hydrogen-bond donors (Lipinski definition) is 1. The normalized spacial score (nSPS) is 20.6. The van der Waals surface area contributed by atoms with Crippen LogP contribution >= 0.6 is 34.8 Å². The SMILES string of the molecule is CCC(CS(=O)(=O)c1ccccc1Cl)N1C(=O)C(CC(=O)O)OC(c2cccc(Cl)c2)C1c1ccc(Cl)cc1. The summed E-state index contributed by atoms with van der Waals surface area (Å²) in [5.74, 6) is -2.26. The molecule has 3 aromatic carbocycles. The van der Waals surface area contributed by atoms with Crippen molar-refractivity contribution < 1.29 is 27.9 Å². The molecule has 7 nitrogen and oxygen atoms in total. The highest BCUT2D eigenvalue weighted by Gasteiger charge is 2.48. The minimum absolute atomic E-state index is 0.0395. The molecule has 4 rings (SSSR count). The Labute approximate surface area is 242 Å². The number of hydrogen-bond acceptors (Lipinski definition) is 5. The average molecular weight is 611 g/mol. The van der Waals surface area contributed by atoms with Crippen molar-refractivity contribution in [1.29, 1.82) is 0 Å². The van der Waals surface area contributed by atoms with Crippen molar-refractivity contribution in [1.82, 2.24) is 4.90 Å². The van der Waals surface area contributed by atoms with Crippen molar-refractivity contribution in [2.24, 2.45) is 0 Å². The zero-order chi connectivity index (χ0) is 28.3. The van der Waals surface area contributed by atoms with Crippen molar-refractivity contribution in [3.05, 3.63) is 99.0 Å². The van der Waals surface area contributed by atoms with E-state index >= 15 is 0 Å². The van der Waals surface area contributed by atoms with Gasteiger partial charge in [0, 0.05) is 16.1 Å². The van der Waals surface area contributed by atoms with Gasteiger partial charge in [-0.25, -0.2) is 8.42 Å². The molecule has 0 aromatic heterocycles. The van der Waals surface area contributed by atoms with Gasteiger partial charge in [0.05, 0.1) is 28.1 Å². The molecule has 1 aliphatic heterocycles. The maximum atomic E-state index is 13.9. The Morgan fingerprint density at radius 2 is 1.67 bits per heavy atom. The summed E-state index contributed by atoms with van der Waals surface area (Å²) in [4.78, 5) is 27.0. The van der Waals surface area contributed by atoms with Crippen LogP contribution in [0.5, 0.6) is 0 Å². The number of carbonyl (C=O) groups is 2. The van der Waals surface area contributed by atoms with Crippen LogP contribution in [-0.4, -0.2) is 48.2 Å². The Kier molecular flexibility index (Phi) is 9.24. The fourth-order valence-electron chi connectivity index (χ4n) is 4.83. The van der Waals surface area contributed by atoms with E-state index in [0.29, 0.717) is 21.2 Å². The molecule has 1 amide bonds. The molecule has 1 saturated heterocycles. The van der Waals surface area contributed by atoms with Crippen molar-refractivity contribution in [2.75, 3.05) is 5.75 Å². The first-order chi connectivity index (χ1) is 18.5. The second kappa shape index (κ2) is 12.3. The predicted octanol–water partition coefficient (Wildman–Crippen LogP) is 6.38. The van der Waals surface area contributed by atoms with Crippen LogP contribution in [0.4, 0.5) is 0 Å². The van der Waals surface area contributed by atoms with E-state index in [4.69, 9.17) is 39.5 Å². The zero-order valence-corrected chi connectivity index (χ0v) is 23.9. The van der Waals surface area contributed by atoms with Gasteiger partial charge in [-0.15, -0.1) is 0 Å². The number of benzene rings is 3. The summed E-state index contributed by atoms with van der Waals surface area (Å²) in [6.45, 7) is 1.77. The third-order valence-corrected chi connectivity index (χ3v) is 9.40. The lowest BCUT2D eigenvalue weighted by molar-refractivity contribution is -0.182. The molecule has 0 saturated carbocycles. The number of carbonyl (C=O) groups excluding carboxylic acids is 1. The van der Waals surface area contributed by atoms with Gasteiger partial charge in [-0.1, -0.05) is 78.1 Å². The molecular weight excluding hydrogens is 585 g/mol. The van der Waals surface area contributed by atoms with Crippen molar-refractivity contribution in [3.8, 4) is 0 Å². The summed E-state index contributed by atoms with van der Waals surface area (Å²) >= 11 is 18.6. The molecule has 4 unspecified atom stereocenters. The van der Waals surface area contributed by atoms with Gasteiger partial charge in [0.2, 0.25) is 0 Å². The molecule has 1 N–H and O–H groups in total. The molecule has 4 atom stereocenters. The van der Waals surface area contributed by atoms with Crippen LogP contribution in [0.25, 0.3) is 0 Å². The molecule has 1 aliphatic rings. The third kappa shape index (κ3) is 6.58. The van der Waals surface area contributed by atoms with Gasteiger partial charge in [0.15, 0.2) is 9.84 Å². The second-order valence-electron chi connectivity index (χ2n) is 9.21. The minimum Gasteiger partial charge on any atom is -0.481 e. The van der Waals surface area contributed by atoms with Crippen LogP contribution < -0.4 is 0 Å². The summed E-state index contributed by atoms with van der Waals surface area (Å²) in [7, 11) is -3.94. The number of nitrogens with zero attached hydrogens (tertiary/aromatic N) is 1. The number of sulfone groups is 1. The Morgan fingerprint density at radius 1 is 0.974 bits per heavy atom. The van der Waals surface area contributed by atoms with Gasteiger partial charge in [-0.3, -0.25) is 9.59 Å². The largest absolute Gasteiger partial charge is 0.481 e. The van der Waals surface area contributed by atoms with Crippen LogP contribution in [0, 0.1) is 0 Å². The number of aliphatic carboxylic acids is 1. The fraction of sp³-hybridized carbons (Fsp3) is 0.286. The van der Waals surface area contributed by atoms with E-state index < -0.39 is 58.2 Å². The van der Waals surface area contributed by atoms with Crippen molar-refractivity contribution in [2.45, 2.75) is 49.0 Å². The van der Waals surface area contributed by atoms with Gasteiger partial charge < -0.3 is 14.7 Å². The maximum absolute atomic E-state index is 13.9. The number of halogens is 3. The molecule has 11 heteroatoms. The Bertz CT molecular complexity index is 1460. The van der Waals surface area contributed by atoms with Gasteiger partial charge in [0.25, 0.3) is 5.91 Å². The second-order valence-corrected chi connectivity index (χ2v) is 12.5. The Hall–Kier alpha value is -2.62. The Morgan fingerprint density at radius 3 is 2.28 bits per heavy atom. The molecule has 0 aliphatic carbocycles. The maximum Gasteiger partial charge on any atom is 0.306 e. The number of amides is 1. The molecule has 206 valence electrons. The lowest BCUT2D eigenvalue weighted by Crippen LogP contribution is -2.56. The van der Waals surface area contributed by atoms with Crippen LogP contribution in [0.1, 0.15) is 43.0 Å². The topological polar surface area (TPSA) is 101 Å². The molecule has 1 heterocycles. The molecule has 0 radical (unpaired) electrons. The highest BCUT2D eigenvalue weighted by atomic mass is 35.5. The van der Waals surface area contributed by atoms with Gasteiger partial charge in [-0.2, -0.15) is 0 Å². The quantitative estimate of drug-likeness (QED) is 0.302. The molecule has 39 heavy (non-hydrogen) atoms. The van der Waals surface area contributed by atoms with E-state index in [9.17, 15) is 23.1 Å². The van der Waals surface area contributed by atoms with E-state index in [2.05, 4.69) is 0 Å². The van der Waals surface area contributed by atoms with E-state index in [0.717, 1.165) is 0 Å². The van der Waals surface area contributed by atoms with E-state index in [1.165, 1.54) is 17.0 Å². The zero-order valence-electron chi connectivity index (χ0n) is 20.8. The molecule has 1 fully saturated rings. The number of ether oxygens (including phenoxy) is 1. The van der Waals surface area contributed by atoms with Gasteiger partial charge in [-0.05, 0) is 53.9 Å². The van der Waals surface area contributed by atoms with Crippen LogP contribution in [0.3, 0.4) is 0 Å². The highest BCUT2D eigenvalue weighted by Crippen LogP contribution is 2.45. The van der Waals surface area contributed by atoms with Crippen molar-refractivity contribution >= 4 is 56.5 Å². The number of carboxylic acid groups (broad SMARTS) is 1. The summed E-state index contributed by atoms with van der Waals surface area (Å²) in [6, 6.07) is 18.2. The molecule has 3 aromatic rings. The van der Waals surface area contributed by atoms with Crippen molar-refractivity contribution in [3.63, 3.8) is 0 Å². The monoisotopic (exact) mass is 609 g/mol. The first kappa shape index (κ1) is 29.4. The van der Waals surface area contributed by atoms with Crippen LogP contribution in [0.15, 0.2) is 77.7 Å². The average Bonchev–Trinajstić information content (AvgIpc) is 2.89. The smallest absolute Gasteiger partial charge is 0.306 e. The number of carboxylic acids is 1. The lowest BCUT2D eigenvalue weighted by Gasteiger charge is -2.48. The number of morpholine rings is 1. The first-order valence-electron chi connectivity index (χ1n) is 12.2. The summed E-state index contributed by atoms with van der Waals surface area (Å²) in [6.07, 6.45) is -2.51. The number of rotatable bonds is 9. The molecule has 0 spiro atoms. The highest BCUT2D eigenvalue weighted by molar-refractivity contribution is 7.91. The van der Waals surface area contributed by atoms with Gasteiger partial charge in [0.1, 0.15) is 12.2 Å². The van der Waals surface area contributed by atoms with E-state index in [1.807, 2.05) is 0 Å². The predicted molar refractivity (Wildman–Crippen MR) is 150 cm³/mol. The first-order valence-corrected chi connectivity index (χ1v) is 15.0. The van der Waals surface area contributed by atoms with Gasteiger partial charge >= 0.3 is 5.97 Å². The lowest BCUT2D eigenvalue weighted by atomic mass is 9.89.